The summed E-state index contributed by atoms with van der Waals surface area (Å²) in [6, 6.07) is 4.63. The van der Waals surface area contributed by atoms with Gasteiger partial charge in [0.1, 0.15) is 16.8 Å². The number of hydrogen-bond donors (Lipinski definition) is 0. The van der Waals surface area contributed by atoms with Crippen molar-refractivity contribution in [2.45, 2.75) is 6.18 Å². The van der Waals surface area contributed by atoms with Crippen molar-refractivity contribution in [1.82, 2.24) is 15.0 Å². The molecule has 4 heterocycles. The molecule has 0 amide bonds. The Kier molecular flexibility index (Phi) is 4.20. The largest absolute Gasteiger partial charge is 0.448 e. The molecule has 26 heavy (non-hydrogen) atoms. The van der Waals surface area contributed by atoms with Crippen LogP contribution in [-0.2, 0) is 10.9 Å². The third kappa shape index (κ3) is 2.97. The quantitative estimate of drug-likeness (QED) is 0.626. The predicted molar refractivity (Wildman–Crippen MR) is 88.1 cm³/mol. The molecule has 136 valence electrons. The van der Waals surface area contributed by atoms with E-state index in [0.29, 0.717) is 26.3 Å². The maximum atomic E-state index is 13.8. The number of rotatable bonds is 2. The molecule has 0 bridgehead atoms. The molecule has 0 radical (unpaired) electrons. The topological polar surface area (TPSA) is 64.3 Å². The van der Waals surface area contributed by atoms with Gasteiger partial charge in [-0.15, -0.1) is 0 Å². The van der Waals surface area contributed by atoms with Crippen LogP contribution >= 0.6 is 11.6 Å². The number of hydrogen-bond acceptors (Lipinski definition) is 6. The SMILES string of the molecule is FC(F)(F)c1c(-c2ccccn2)oc2c(N3CCOCC3)nc(Cl)nc12. The third-order valence-electron chi connectivity index (χ3n) is 3.98. The normalized spacial score (nSPS) is 15.6. The predicted octanol–water partition coefficient (Wildman–Crippen LogP) is 3.79. The molecule has 1 saturated heterocycles. The van der Waals surface area contributed by atoms with Gasteiger partial charge in [0.15, 0.2) is 17.2 Å². The van der Waals surface area contributed by atoms with Gasteiger partial charge in [-0.05, 0) is 23.7 Å². The number of fused-ring (bicyclic) bond motifs is 1. The number of morpholine rings is 1. The van der Waals surface area contributed by atoms with Crippen LogP contribution in [0.25, 0.3) is 22.6 Å². The van der Waals surface area contributed by atoms with Crippen molar-refractivity contribution >= 4 is 28.5 Å². The minimum Gasteiger partial charge on any atom is -0.448 e. The van der Waals surface area contributed by atoms with Gasteiger partial charge in [-0.25, -0.2) is 4.98 Å². The standard InChI is InChI=1S/C16H12ClF3N4O2/c17-15-22-11-10(16(18,19)20)12(9-3-1-2-4-21-9)26-13(11)14(23-15)24-5-7-25-8-6-24/h1-4H,5-8H2. The molecule has 0 aromatic carbocycles. The molecule has 0 unspecified atom stereocenters. The molecule has 1 fully saturated rings. The maximum Gasteiger partial charge on any atom is 0.422 e. The Labute approximate surface area is 150 Å². The van der Waals surface area contributed by atoms with Gasteiger partial charge in [0, 0.05) is 19.3 Å². The van der Waals surface area contributed by atoms with Gasteiger partial charge in [-0.1, -0.05) is 6.07 Å². The highest BCUT2D eigenvalue weighted by atomic mass is 35.5. The lowest BCUT2D eigenvalue weighted by molar-refractivity contribution is -0.136. The maximum absolute atomic E-state index is 13.8. The van der Waals surface area contributed by atoms with Crippen LogP contribution in [0.5, 0.6) is 0 Å². The Morgan fingerprint density at radius 3 is 2.54 bits per heavy atom. The average molecular weight is 385 g/mol. The fourth-order valence-electron chi connectivity index (χ4n) is 2.87. The van der Waals surface area contributed by atoms with Gasteiger partial charge >= 0.3 is 6.18 Å². The summed E-state index contributed by atoms with van der Waals surface area (Å²) in [5.41, 5.74) is -1.39. The molecule has 10 heteroatoms. The first-order valence-corrected chi connectivity index (χ1v) is 8.14. The number of ether oxygens (including phenoxy) is 1. The smallest absolute Gasteiger partial charge is 0.422 e. The van der Waals surface area contributed by atoms with Gasteiger partial charge in [0.05, 0.1) is 13.2 Å². The van der Waals surface area contributed by atoms with Crippen LogP contribution in [-0.4, -0.2) is 41.3 Å². The van der Waals surface area contributed by atoms with Crippen molar-refractivity contribution in [2.24, 2.45) is 0 Å². The molecule has 0 atom stereocenters. The molecule has 4 rings (SSSR count). The lowest BCUT2D eigenvalue weighted by Gasteiger charge is -2.27. The van der Waals surface area contributed by atoms with E-state index in [9.17, 15) is 13.2 Å². The number of pyridine rings is 1. The van der Waals surface area contributed by atoms with E-state index < -0.39 is 17.5 Å². The molecule has 0 saturated carbocycles. The highest BCUT2D eigenvalue weighted by Gasteiger charge is 2.41. The van der Waals surface area contributed by atoms with Crippen LogP contribution in [0.2, 0.25) is 5.28 Å². The Morgan fingerprint density at radius 1 is 1.12 bits per heavy atom. The molecule has 0 spiro atoms. The van der Waals surface area contributed by atoms with Crippen LogP contribution in [0.1, 0.15) is 5.56 Å². The van der Waals surface area contributed by atoms with E-state index >= 15 is 0 Å². The summed E-state index contributed by atoms with van der Waals surface area (Å²) in [5.74, 6) is -0.185. The first-order chi connectivity index (χ1) is 12.4. The third-order valence-corrected chi connectivity index (χ3v) is 4.15. The van der Waals surface area contributed by atoms with E-state index in [1.165, 1.54) is 12.3 Å². The molecule has 3 aromatic rings. The van der Waals surface area contributed by atoms with Crippen LogP contribution in [0.15, 0.2) is 28.8 Å². The van der Waals surface area contributed by atoms with E-state index in [4.69, 9.17) is 20.8 Å². The van der Waals surface area contributed by atoms with Crippen molar-refractivity contribution in [1.29, 1.82) is 0 Å². The number of aromatic nitrogens is 3. The van der Waals surface area contributed by atoms with Crippen LogP contribution < -0.4 is 4.90 Å². The first kappa shape index (κ1) is 17.0. The second-order valence-electron chi connectivity index (χ2n) is 5.61. The van der Waals surface area contributed by atoms with E-state index in [1.807, 2.05) is 0 Å². The van der Waals surface area contributed by atoms with Crippen LogP contribution in [0, 0.1) is 0 Å². The number of anilines is 1. The highest BCUT2D eigenvalue weighted by Crippen LogP contribution is 2.44. The number of halogens is 4. The summed E-state index contributed by atoms with van der Waals surface area (Å²) in [7, 11) is 0. The second kappa shape index (κ2) is 6.40. The van der Waals surface area contributed by atoms with E-state index in [0.717, 1.165) is 0 Å². The minimum absolute atomic E-state index is 0.0573. The van der Waals surface area contributed by atoms with Crippen molar-refractivity contribution in [3.63, 3.8) is 0 Å². The van der Waals surface area contributed by atoms with E-state index in [1.54, 1.807) is 17.0 Å². The average Bonchev–Trinajstić information content (AvgIpc) is 3.02. The monoisotopic (exact) mass is 384 g/mol. The van der Waals surface area contributed by atoms with Crippen molar-refractivity contribution in [3.8, 4) is 11.5 Å². The van der Waals surface area contributed by atoms with Gasteiger partial charge in [-0.3, -0.25) is 4.98 Å². The van der Waals surface area contributed by atoms with Gasteiger partial charge in [0.25, 0.3) is 0 Å². The summed E-state index contributed by atoms with van der Waals surface area (Å²) in [4.78, 5) is 13.6. The summed E-state index contributed by atoms with van der Waals surface area (Å²) >= 11 is 5.92. The van der Waals surface area contributed by atoms with Gasteiger partial charge < -0.3 is 14.1 Å². The molecule has 6 nitrogen and oxygen atoms in total. The van der Waals surface area contributed by atoms with Gasteiger partial charge in [0.2, 0.25) is 5.28 Å². The number of nitrogens with zero attached hydrogens (tertiary/aromatic N) is 4. The highest BCUT2D eigenvalue weighted by molar-refractivity contribution is 6.28. The Balaban J connectivity index is 2.00. The molecular formula is C16H12ClF3N4O2. The second-order valence-corrected chi connectivity index (χ2v) is 5.95. The van der Waals surface area contributed by atoms with Crippen LogP contribution in [0.3, 0.4) is 0 Å². The van der Waals surface area contributed by atoms with Crippen LogP contribution in [0.4, 0.5) is 19.0 Å². The molecule has 1 aliphatic rings. The van der Waals surface area contributed by atoms with Gasteiger partial charge in [-0.2, -0.15) is 18.2 Å². The van der Waals surface area contributed by atoms with Crippen molar-refractivity contribution in [3.05, 3.63) is 35.2 Å². The van der Waals surface area contributed by atoms with E-state index in [2.05, 4.69) is 15.0 Å². The van der Waals surface area contributed by atoms with E-state index in [-0.39, 0.29) is 27.9 Å². The zero-order valence-electron chi connectivity index (χ0n) is 13.3. The molecule has 3 aromatic heterocycles. The lowest BCUT2D eigenvalue weighted by Crippen LogP contribution is -2.36. The van der Waals surface area contributed by atoms with Crippen molar-refractivity contribution < 1.29 is 22.3 Å². The zero-order chi connectivity index (χ0) is 18.3. The molecule has 1 aliphatic heterocycles. The number of furan rings is 1. The molecule has 0 N–H and O–H groups in total. The Morgan fingerprint density at radius 2 is 1.88 bits per heavy atom. The molecule has 0 aliphatic carbocycles. The van der Waals surface area contributed by atoms with Crippen molar-refractivity contribution in [2.75, 3.05) is 31.2 Å². The summed E-state index contributed by atoms with van der Waals surface area (Å²) in [5, 5.41) is -0.280. The number of alkyl halides is 3. The lowest BCUT2D eigenvalue weighted by atomic mass is 10.1. The zero-order valence-corrected chi connectivity index (χ0v) is 14.0. The molecular weight excluding hydrogens is 373 g/mol. The summed E-state index contributed by atoms with van der Waals surface area (Å²) in [6.07, 6.45) is -3.30. The Bertz CT molecular complexity index is 940. The fraction of sp³-hybridized carbons (Fsp3) is 0.312. The Hall–Kier alpha value is -2.39. The first-order valence-electron chi connectivity index (χ1n) is 7.76. The fourth-order valence-corrected chi connectivity index (χ4v) is 3.03. The summed E-state index contributed by atoms with van der Waals surface area (Å²) < 4.78 is 52.2. The summed E-state index contributed by atoms with van der Waals surface area (Å²) in [6.45, 7) is 1.79. The minimum atomic E-state index is -4.70.